The molecule has 0 aliphatic carbocycles. The molecule has 0 aliphatic heterocycles. The Morgan fingerprint density at radius 1 is 1.50 bits per heavy atom. The summed E-state index contributed by atoms with van der Waals surface area (Å²) in [6.45, 7) is -0.500. The minimum atomic E-state index is -1.17. The summed E-state index contributed by atoms with van der Waals surface area (Å²) in [6.07, 6.45) is 0.0589. The molecule has 1 atom stereocenters. The van der Waals surface area contributed by atoms with Gasteiger partial charge in [0.05, 0.1) is 18.5 Å². The molecule has 0 bridgehead atoms. The number of aliphatic hydroxyl groups is 2. The third kappa shape index (κ3) is 1.71. The molecule has 8 nitrogen and oxygen atoms in total. The molecule has 0 saturated heterocycles. The van der Waals surface area contributed by atoms with Crippen molar-refractivity contribution in [3.05, 3.63) is 22.2 Å². The smallest absolute Gasteiger partial charge is 0.280 e. The van der Waals surface area contributed by atoms with Gasteiger partial charge in [0.1, 0.15) is 6.10 Å². The monoisotopic (exact) mass is 223 g/mol. The standard InChI is InChI=1S/C8H9N5O3/c9-8-12-6-5(7(16)13-8)11-3(1-10-6)4(15)2-14/h1,4,14-15H,2H2,(H3,9,10,12,13,16)/t4-/m1/s1. The second-order valence-corrected chi connectivity index (χ2v) is 3.12. The fourth-order valence-electron chi connectivity index (χ4n) is 1.20. The SMILES string of the molecule is Nc1nc2ncc([C@H](O)CO)nc2c(=O)[nH]1. The molecular weight excluding hydrogens is 214 g/mol. The van der Waals surface area contributed by atoms with Gasteiger partial charge in [0, 0.05) is 0 Å². The average molecular weight is 223 g/mol. The Bertz CT molecular complexity index is 581. The fraction of sp³-hybridized carbons (Fsp3) is 0.250. The highest BCUT2D eigenvalue weighted by Crippen LogP contribution is 2.10. The van der Waals surface area contributed by atoms with Crippen molar-refractivity contribution in [2.24, 2.45) is 0 Å². The predicted octanol–water partition coefficient (Wildman–Crippen LogP) is -1.68. The molecule has 0 unspecified atom stereocenters. The van der Waals surface area contributed by atoms with Crippen LogP contribution in [-0.4, -0.2) is 36.8 Å². The maximum Gasteiger partial charge on any atom is 0.280 e. The van der Waals surface area contributed by atoms with Crippen LogP contribution in [0.25, 0.3) is 11.2 Å². The summed E-state index contributed by atoms with van der Waals surface area (Å²) in [4.78, 5) is 25.1. The topological polar surface area (TPSA) is 138 Å². The van der Waals surface area contributed by atoms with Gasteiger partial charge in [-0.25, -0.2) is 9.97 Å². The van der Waals surface area contributed by atoms with Crippen molar-refractivity contribution in [1.29, 1.82) is 0 Å². The first kappa shape index (κ1) is 10.5. The molecule has 16 heavy (non-hydrogen) atoms. The van der Waals surface area contributed by atoms with Gasteiger partial charge in [-0.3, -0.25) is 9.78 Å². The van der Waals surface area contributed by atoms with Crippen LogP contribution >= 0.6 is 0 Å². The number of nitrogens with one attached hydrogen (secondary N) is 1. The van der Waals surface area contributed by atoms with E-state index in [4.69, 9.17) is 10.8 Å². The van der Waals surface area contributed by atoms with E-state index in [9.17, 15) is 9.90 Å². The molecule has 8 heteroatoms. The van der Waals surface area contributed by atoms with Crippen LogP contribution in [0.3, 0.4) is 0 Å². The highest BCUT2D eigenvalue weighted by atomic mass is 16.3. The van der Waals surface area contributed by atoms with E-state index in [1.807, 2.05) is 0 Å². The Morgan fingerprint density at radius 2 is 2.25 bits per heavy atom. The molecule has 0 amide bonds. The zero-order chi connectivity index (χ0) is 11.7. The first-order valence-electron chi connectivity index (χ1n) is 4.43. The van der Waals surface area contributed by atoms with Crippen molar-refractivity contribution >= 4 is 17.1 Å². The lowest BCUT2D eigenvalue weighted by Gasteiger charge is -2.05. The molecular formula is C8H9N5O3. The Labute approximate surface area is 88.8 Å². The number of nitrogen functional groups attached to an aromatic ring is 1. The van der Waals surface area contributed by atoms with Gasteiger partial charge >= 0.3 is 0 Å². The van der Waals surface area contributed by atoms with Gasteiger partial charge in [-0.05, 0) is 0 Å². The molecule has 0 saturated carbocycles. The van der Waals surface area contributed by atoms with Gasteiger partial charge in [-0.1, -0.05) is 0 Å². The Morgan fingerprint density at radius 3 is 2.94 bits per heavy atom. The lowest BCUT2D eigenvalue weighted by Crippen LogP contribution is -2.15. The van der Waals surface area contributed by atoms with Crippen molar-refractivity contribution in [3.63, 3.8) is 0 Å². The van der Waals surface area contributed by atoms with E-state index in [1.165, 1.54) is 6.20 Å². The second-order valence-electron chi connectivity index (χ2n) is 3.12. The van der Waals surface area contributed by atoms with Crippen LogP contribution in [0.1, 0.15) is 11.8 Å². The molecule has 0 spiro atoms. The van der Waals surface area contributed by atoms with Crippen molar-refractivity contribution in [1.82, 2.24) is 19.9 Å². The number of fused-ring (bicyclic) bond motifs is 1. The molecule has 84 valence electrons. The van der Waals surface area contributed by atoms with Crippen molar-refractivity contribution in [2.45, 2.75) is 6.10 Å². The number of nitrogens with two attached hydrogens (primary N) is 1. The Kier molecular flexibility index (Phi) is 2.50. The zero-order valence-corrected chi connectivity index (χ0v) is 8.08. The van der Waals surface area contributed by atoms with Gasteiger partial charge in [0.2, 0.25) is 5.95 Å². The second kappa shape index (κ2) is 3.83. The van der Waals surface area contributed by atoms with Crippen LogP contribution in [0.2, 0.25) is 0 Å². The molecule has 0 aliphatic rings. The average Bonchev–Trinajstić information content (AvgIpc) is 2.27. The van der Waals surface area contributed by atoms with Gasteiger partial charge < -0.3 is 15.9 Å². The maximum atomic E-state index is 11.4. The number of nitrogens with zero attached hydrogens (tertiary/aromatic N) is 3. The summed E-state index contributed by atoms with van der Waals surface area (Å²) in [7, 11) is 0. The van der Waals surface area contributed by atoms with Crippen molar-refractivity contribution < 1.29 is 10.2 Å². The zero-order valence-electron chi connectivity index (χ0n) is 8.08. The van der Waals surface area contributed by atoms with Gasteiger partial charge in [-0.15, -0.1) is 0 Å². The number of aliphatic hydroxyl groups excluding tert-OH is 2. The van der Waals surface area contributed by atoms with Crippen molar-refractivity contribution in [2.75, 3.05) is 12.3 Å². The van der Waals surface area contributed by atoms with Crippen LogP contribution in [0.15, 0.2) is 11.0 Å². The van der Waals surface area contributed by atoms with E-state index in [-0.39, 0.29) is 22.8 Å². The van der Waals surface area contributed by atoms with Crippen molar-refractivity contribution in [3.8, 4) is 0 Å². The molecule has 0 radical (unpaired) electrons. The number of hydrogen-bond donors (Lipinski definition) is 4. The first-order chi connectivity index (χ1) is 7.61. The molecule has 2 rings (SSSR count). The van der Waals surface area contributed by atoms with Gasteiger partial charge in [-0.2, -0.15) is 4.98 Å². The molecule has 0 aromatic carbocycles. The van der Waals surface area contributed by atoms with E-state index < -0.39 is 18.3 Å². The van der Waals surface area contributed by atoms with Crippen LogP contribution in [0.5, 0.6) is 0 Å². The van der Waals surface area contributed by atoms with Gasteiger partial charge in [0.15, 0.2) is 11.2 Å². The molecule has 5 N–H and O–H groups in total. The van der Waals surface area contributed by atoms with E-state index in [1.54, 1.807) is 0 Å². The highest BCUT2D eigenvalue weighted by molar-refractivity contribution is 5.69. The summed E-state index contributed by atoms with van der Waals surface area (Å²) >= 11 is 0. The predicted molar refractivity (Wildman–Crippen MR) is 54.4 cm³/mol. The Balaban J connectivity index is 2.67. The summed E-state index contributed by atoms with van der Waals surface area (Å²) in [6, 6.07) is 0. The number of aromatic amines is 1. The maximum absolute atomic E-state index is 11.4. The van der Waals surface area contributed by atoms with Crippen LogP contribution in [0, 0.1) is 0 Å². The summed E-state index contributed by atoms with van der Waals surface area (Å²) in [5.41, 5.74) is 4.95. The molecule has 2 heterocycles. The molecule has 2 aromatic heterocycles. The van der Waals surface area contributed by atoms with E-state index in [0.717, 1.165) is 0 Å². The summed E-state index contributed by atoms with van der Waals surface area (Å²) in [5.74, 6) is -0.0535. The van der Waals surface area contributed by atoms with E-state index in [2.05, 4.69) is 19.9 Å². The van der Waals surface area contributed by atoms with Crippen LogP contribution in [-0.2, 0) is 0 Å². The molecule has 0 fully saturated rings. The fourth-order valence-corrected chi connectivity index (χ4v) is 1.20. The minimum absolute atomic E-state index is 0.0285. The highest BCUT2D eigenvalue weighted by Gasteiger charge is 2.11. The largest absolute Gasteiger partial charge is 0.393 e. The Hall–Kier alpha value is -2.06. The number of anilines is 1. The quantitative estimate of drug-likeness (QED) is 0.477. The molecule has 2 aromatic rings. The normalized spacial score (nSPS) is 12.9. The summed E-state index contributed by atoms with van der Waals surface area (Å²) < 4.78 is 0. The summed E-state index contributed by atoms with van der Waals surface area (Å²) in [5, 5.41) is 18.1. The van der Waals surface area contributed by atoms with E-state index >= 15 is 0 Å². The van der Waals surface area contributed by atoms with Gasteiger partial charge in [0.25, 0.3) is 5.56 Å². The van der Waals surface area contributed by atoms with Crippen LogP contribution < -0.4 is 11.3 Å². The third-order valence-corrected chi connectivity index (χ3v) is 1.97. The number of H-pyrrole nitrogens is 1. The third-order valence-electron chi connectivity index (χ3n) is 1.97. The first-order valence-corrected chi connectivity index (χ1v) is 4.43. The van der Waals surface area contributed by atoms with Crippen LogP contribution in [0.4, 0.5) is 5.95 Å². The number of hydrogen-bond acceptors (Lipinski definition) is 7. The number of aromatic nitrogens is 4. The minimum Gasteiger partial charge on any atom is -0.393 e. The lowest BCUT2D eigenvalue weighted by molar-refractivity contribution is 0.0922. The number of rotatable bonds is 2. The van der Waals surface area contributed by atoms with E-state index in [0.29, 0.717) is 0 Å². The lowest BCUT2D eigenvalue weighted by atomic mass is 10.3.